The van der Waals surface area contributed by atoms with Crippen molar-refractivity contribution in [3.05, 3.63) is 0 Å². The van der Waals surface area contributed by atoms with E-state index in [9.17, 15) is 0 Å². The first-order valence-corrected chi connectivity index (χ1v) is 7.27. The number of rotatable bonds is 6. The molecule has 1 nitrogen and oxygen atoms in total. The van der Waals surface area contributed by atoms with Crippen LogP contribution < -0.4 is 0 Å². The van der Waals surface area contributed by atoms with E-state index in [-0.39, 0.29) is 0 Å². The molecule has 0 saturated carbocycles. The molecule has 1 aliphatic rings. The van der Waals surface area contributed by atoms with Crippen LogP contribution in [0.25, 0.3) is 0 Å². The molecule has 0 aromatic heterocycles. The van der Waals surface area contributed by atoms with Crippen LogP contribution in [0.1, 0.15) is 25.7 Å². The minimum absolute atomic E-state index is 0.465. The number of thioether (sulfide) groups is 2. The highest BCUT2D eigenvalue weighted by molar-refractivity contribution is 8.17. The molecule has 0 N–H and O–H groups in total. The largest absolute Gasteiger partial charge is 0.369 e. The molecule has 0 atom stereocenters. The molecule has 1 rings (SSSR count). The Kier molecular flexibility index (Phi) is 7.48. The second kappa shape index (κ2) is 8.52. The Hall–Kier alpha value is 0.220. The van der Waals surface area contributed by atoms with E-state index in [2.05, 4.69) is 29.4 Å². The summed E-state index contributed by atoms with van der Waals surface area (Å²) in [5.74, 6) is 5.18. The maximum Gasteiger partial charge on any atom is 0.107 e. The predicted octanol–water partition coefficient (Wildman–Crippen LogP) is 3.00. The van der Waals surface area contributed by atoms with Gasteiger partial charge in [-0.1, -0.05) is 5.92 Å². The fourth-order valence-electron chi connectivity index (χ4n) is 1.35. The van der Waals surface area contributed by atoms with E-state index < -0.39 is 0 Å². The van der Waals surface area contributed by atoms with Crippen LogP contribution in [-0.4, -0.2) is 29.3 Å². The summed E-state index contributed by atoms with van der Waals surface area (Å²) >= 11 is 4.24. The van der Waals surface area contributed by atoms with Crippen LogP contribution >= 0.6 is 23.5 Å². The zero-order valence-electron chi connectivity index (χ0n) is 8.54. The molecule has 0 aromatic rings. The van der Waals surface area contributed by atoms with E-state index in [0.717, 1.165) is 17.6 Å². The second-order valence-corrected chi connectivity index (χ2v) is 6.20. The third-order valence-electron chi connectivity index (χ3n) is 2.06. The molecule has 1 saturated heterocycles. The summed E-state index contributed by atoms with van der Waals surface area (Å²) in [6.07, 6.45) is 10.2. The van der Waals surface area contributed by atoms with Crippen molar-refractivity contribution in [2.45, 2.75) is 30.3 Å². The van der Waals surface area contributed by atoms with Crippen LogP contribution in [0.15, 0.2) is 0 Å². The van der Waals surface area contributed by atoms with E-state index in [1.165, 1.54) is 30.8 Å². The normalized spacial score (nSPS) is 17.9. The zero-order valence-corrected chi connectivity index (χ0v) is 10.2. The van der Waals surface area contributed by atoms with Gasteiger partial charge in [-0.3, -0.25) is 0 Å². The highest BCUT2D eigenvalue weighted by Crippen LogP contribution is 2.33. The average Bonchev–Trinajstić information content (AvgIpc) is 2.25. The Bertz CT molecular complexity index is 171. The van der Waals surface area contributed by atoms with Crippen LogP contribution in [0, 0.1) is 12.3 Å². The Morgan fingerprint density at radius 3 is 2.79 bits per heavy atom. The lowest BCUT2D eigenvalue weighted by molar-refractivity contribution is 0.162. The first-order chi connectivity index (χ1) is 6.93. The molecule has 80 valence electrons. The molecule has 1 aliphatic heterocycles. The maximum absolute atomic E-state index is 5.22. The van der Waals surface area contributed by atoms with Gasteiger partial charge in [-0.25, -0.2) is 0 Å². The molecule has 1 fully saturated rings. The lowest BCUT2D eigenvalue weighted by Gasteiger charge is -2.20. The third-order valence-corrected chi connectivity index (χ3v) is 5.14. The number of hydrogen-bond acceptors (Lipinski definition) is 3. The standard InChI is InChI=1S/C11H18OS2/c1-2-7-12-8-4-3-6-11-13-9-5-10-14-11/h1,11H,3-10H2. The monoisotopic (exact) mass is 230 g/mol. The van der Waals surface area contributed by atoms with Crippen molar-refractivity contribution in [3.63, 3.8) is 0 Å². The van der Waals surface area contributed by atoms with Gasteiger partial charge in [0, 0.05) is 6.61 Å². The number of unbranched alkanes of at least 4 members (excludes halogenated alkanes) is 1. The van der Waals surface area contributed by atoms with Gasteiger partial charge >= 0.3 is 0 Å². The Morgan fingerprint density at radius 1 is 1.29 bits per heavy atom. The van der Waals surface area contributed by atoms with Gasteiger partial charge in [-0.05, 0) is 37.2 Å². The minimum atomic E-state index is 0.465. The maximum atomic E-state index is 5.22. The van der Waals surface area contributed by atoms with Gasteiger partial charge in [-0.2, -0.15) is 0 Å². The molecule has 0 spiro atoms. The van der Waals surface area contributed by atoms with Crippen molar-refractivity contribution in [1.29, 1.82) is 0 Å². The Morgan fingerprint density at radius 2 is 2.07 bits per heavy atom. The molecule has 0 aliphatic carbocycles. The van der Waals surface area contributed by atoms with Gasteiger partial charge in [-0.15, -0.1) is 29.9 Å². The number of ether oxygens (including phenoxy) is 1. The topological polar surface area (TPSA) is 9.23 Å². The van der Waals surface area contributed by atoms with E-state index in [1.54, 1.807) is 0 Å². The van der Waals surface area contributed by atoms with Crippen molar-refractivity contribution in [2.75, 3.05) is 24.7 Å². The van der Waals surface area contributed by atoms with Gasteiger partial charge in [0.25, 0.3) is 0 Å². The molecule has 14 heavy (non-hydrogen) atoms. The molecule has 0 aromatic carbocycles. The molecule has 0 radical (unpaired) electrons. The highest BCUT2D eigenvalue weighted by Gasteiger charge is 2.13. The van der Waals surface area contributed by atoms with Gasteiger partial charge < -0.3 is 4.74 Å². The van der Waals surface area contributed by atoms with E-state index >= 15 is 0 Å². The summed E-state index contributed by atoms with van der Waals surface area (Å²) < 4.78 is 6.07. The summed E-state index contributed by atoms with van der Waals surface area (Å²) in [6, 6.07) is 0. The van der Waals surface area contributed by atoms with Gasteiger partial charge in [0.05, 0.1) is 4.58 Å². The average molecular weight is 230 g/mol. The summed E-state index contributed by atoms with van der Waals surface area (Å²) in [6.45, 7) is 1.29. The molecule has 0 unspecified atom stereocenters. The zero-order chi connectivity index (χ0) is 10.1. The SMILES string of the molecule is C#CCOCCCCC1SCCCS1. The van der Waals surface area contributed by atoms with Crippen molar-refractivity contribution in [2.24, 2.45) is 0 Å². The number of hydrogen-bond donors (Lipinski definition) is 0. The van der Waals surface area contributed by atoms with Crippen molar-refractivity contribution in [1.82, 2.24) is 0 Å². The van der Waals surface area contributed by atoms with E-state index in [4.69, 9.17) is 11.2 Å². The van der Waals surface area contributed by atoms with E-state index in [0.29, 0.717) is 6.61 Å². The van der Waals surface area contributed by atoms with Crippen molar-refractivity contribution >= 4 is 23.5 Å². The quantitative estimate of drug-likeness (QED) is 0.513. The van der Waals surface area contributed by atoms with E-state index in [1.807, 2.05) is 0 Å². The predicted molar refractivity (Wildman–Crippen MR) is 66.8 cm³/mol. The summed E-state index contributed by atoms with van der Waals surface area (Å²) in [7, 11) is 0. The lowest BCUT2D eigenvalue weighted by Crippen LogP contribution is -2.06. The first kappa shape index (κ1) is 12.3. The minimum Gasteiger partial charge on any atom is -0.369 e. The smallest absolute Gasteiger partial charge is 0.107 e. The number of terminal acetylenes is 1. The van der Waals surface area contributed by atoms with Gasteiger partial charge in [0.2, 0.25) is 0 Å². The lowest BCUT2D eigenvalue weighted by atomic mass is 10.3. The van der Waals surface area contributed by atoms with Crippen LogP contribution in [0.2, 0.25) is 0 Å². The Labute approximate surface area is 95.7 Å². The van der Waals surface area contributed by atoms with Crippen LogP contribution in [0.5, 0.6) is 0 Å². The Balaban J connectivity index is 1.85. The summed E-state index contributed by atoms with van der Waals surface area (Å²) in [5, 5.41) is 0. The molecular weight excluding hydrogens is 212 g/mol. The van der Waals surface area contributed by atoms with Crippen molar-refractivity contribution in [3.8, 4) is 12.3 Å². The van der Waals surface area contributed by atoms with Crippen LogP contribution in [0.4, 0.5) is 0 Å². The molecule has 0 amide bonds. The third kappa shape index (κ3) is 5.85. The fraction of sp³-hybridized carbons (Fsp3) is 0.818. The second-order valence-electron chi connectivity index (χ2n) is 3.28. The highest BCUT2D eigenvalue weighted by atomic mass is 32.2. The van der Waals surface area contributed by atoms with Crippen LogP contribution in [-0.2, 0) is 4.74 Å². The molecule has 0 bridgehead atoms. The van der Waals surface area contributed by atoms with Crippen LogP contribution in [0.3, 0.4) is 0 Å². The summed E-state index contributed by atoms with van der Waals surface area (Å²) in [5.41, 5.74) is 0. The first-order valence-electron chi connectivity index (χ1n) is 5.18. The van der Waals surface area contributed by atoms with Crippen molar-refractivity contribution < 1.29 is 4.74 Å². The molecule has 1 heterocycles. The van der Waals surface area contributed by atoms with Gasteiger partial charge in [0.15, 0.2) is 0 Å². The molecular formula is C11H18OS2. The molecule has 3 heteroatoms. The summed E-state index contributed by atoms with van der Waals surface area (Å²) in [4.78, 5) is 0. The fourth-order valence-corrected chi connectivity index (χ4v) is 4.31. The van der Waals surface area contributed by atoms with Gasteiger partial charge in [0.1, 0.15) is 6.61 Å².